The van der Waals surface area contributed by atoms with Gasteiger partial charge >= 0.3 is 0 Å². The average molecular weight is 379 g/mol. The standard InChI is InChI=1S/C18H19ClN2O3S/c19-13-3-5-14(6-4-13)21-9-7-16(18(21)23)17(22)20-8-11-25-12-15-2-1-10-24-15/h1-6,10,16H,7-9,11-12H2,(H,20,22). The molecule has 0 saturated carbocycles. The van der Waals surface area contributed by atoms with E-state index in [1.165, 1.54) is 0 Å². The van der Waals surface area contributed by atoms with Crippen LogP contribution in [0.25, 0.3) is 0 Å². The Bertz CT molecular complexity index is 718. The summed E-state index contributed by atoms with van der Waals surface area (Å²) in [7, 11) is 0. The second-order valence-electron chi connectivity index (χ2n) is 5.73. The summed E-state index contributed by atoms with van der Waals surface area (Å²) in [5, 5.41) is 3.48. The van der Waals surface area contributed by atoms with Gasteiger partial charge in [-0.15, -0.1) is 0 Å². The molecule has 1 fully saturated rings. The van der Waals surface area contributed by atoms with Crippen LogP contribution in [0.1, 0.15) is 12.2 Å². The third kappa shape index (κ3) is 4.58. The second-order valence-corrected chi connectivity index (χ2v) is 7.27. The minimum Gasteiger partial charge on any atom is -0.468 e. The Morgan fingerprint density at radius 1 is 1.32 bits per heavy atom. The summed E-state index contributed by atoms with van der Waals surface area (Å²) in [5.74, 6) is 1.51. The van der Waals surface area contributed by atoms with Gasteiger partial charge in [-0.05, 0) is 42.8 Å². The van der Waals surface area contributed by atoms with Crippen molar-refractivity contribution >= 4 is 40.9 Å². The first-order valence-electron chi connectivity index (χ1n) is 8.10. The maximum absolute atomic E-state index is 12.5. The largest absolute Gasteiger partial charge is 0.468 e. The zero-order chi connectivity index (χ0) is 17.6. The van der Waals surface area contributed by atoms with Gasteiger partial charge in [0.1, 0.15) is 11.7 Å². The smallest absolute Gasteiger partial charge is 0.239 e. The van der Waals surface area contributed by atoms with E-state index in [-0.39, 0.29) is 11.8 Å². The molecule has 0 radical (unpaired) electrons. The number of hydrogen-bond acceptors (Lipinski definition) is 4. The van der Waals surface area contributed by atoms with E-state index < -0.39 is 5.92 Å². The van der Waals surface area contributed by atoms with Gasteiger partial charge < -0.3 is 14.6 Å². The number of halogens is 1. The molecule has 1 aliphatic rings. The Hall–Kier alpha value is -1.92. The van der Waals surface area contributed by atoms with Crippen LogP contribution in [0.5, 0.6) is 0 Å². The summed E-state index contributed by atoms with van der Waals surface area (Å²) in [6, 6.07) is 10.9. The lowest BCUT2D eigenvalue weighted by Gasteiger charge is -2.16. The van der Waals surface area contributed by atoms with Crippen LogP contribution >= 0.6 is 23.4 Å². The van der Waals surface area contributed by atoms with Crippen LogP contribution in [-0.4, -0.2) is 30.7 Å². The molecule has 132 valence electrons. The Balaban J connectivity index is 1.43. The fourth-order valence-electron chi connectivity index (χ4n) is 2.74. The Kier molecular flexibility index (Phi) is 6.04. The van der Waals surface area contributed by atoms with Crippen molar-refractivity contribution in [3.8, 4) is 0 Å². The number of benzene rings is 1. The van der Waals surface area contributed by atoms with E-state index in [1.54, 1.807) is 47.2 Å². The molecule has 2 heterocycles. The van der Waals surface area contributed by atoms with Gasteiger partial charge in [0.2, 0.25) is 11.8 Å². The van der Waals surface area contributed by atoms with Gasteiger partial charge in [0.05, 0.1) is 12.0 Å². The predicted molar refractivity (Wildman–Crippen MR) is 99.8 cm³/mol. The number of nitrogens with one attached hydrogen (secondary N) is 1. The van der Waals surface area contributed by atoms with Gasteiger partial charge in [-0.2, -0.15) is 11.8 Å². The van der Waals surface area contributed by atoms with Crippen LogP contribution < -0.4 is 10.2 Å². The highest BCUT2D eigenvalue weighted by Gasteiger charge is 2.37. The van der Waals surface area contributed by atoms with Crippen LogP contribution in [0.2, 0.25) is 5.02 Å². The van der Waals surface area contributed by atoms with Crippen LogP contribution in [-0.2, 0) is 15.3 Å². The molecule has 1 aromatic carbocycles. The first-order valence-corrected chi connectivity index (χ1v) is 9.63. The SMILES string of the molecule is O=C(NCCSCc1ccco1)C1CCN(c2ccc(Cl)cc2)C1=O. The Labute approximate surface area is 155 Å². The number of hydrogen-bond donors (Lipinski definition) is 1. The maximum atomic E-state index is 12.5. The van der Waals surface area contributed by atoms with E-state index in [4.69, 9.17) is 16.0 Å². The topological polar surface area (TPSA) is 62.6 Å². The van der Waals surface area contributed by atoms with Gasteiger partial charge in [0.25, 0.3) is 0 Å². The van der Waals surface area contributed by atoms with Gasteiger partial charge in [-0.3, -0.25) is 9.59 Å². The minimum atomic E-state index is -0.606. The third-order valence-corrected chi connectivity index (χ3v) is 5.26. The van der Waals surface area contributed by atoms with Crippen LogP contribution in [0.3, 0.4) is 0 Å². The number of carbonyl (C=O) groups excluding carboxylic acids is 2. The molecular formula is C18H19ClN2O3S. The lowest BCUT2D eigenvalue weighted by molar-refractivity contribution is -0.132. The van der Waals surface area contributed by atoms with Crippen molar-refractivity contribution < 1.29 is 14.0 Å². The molecule has 0 aliphatic carbocycles. The van der Waals surface area contributed by atoms with Crippen molar-refractivity contribution in [2.24, 2.45) is 5.92 Å². The van der Waals surface area contributed by atoms with Crippen molar-refractivity contribution in [1.29, 1.82) is 0 Å². The zero-order valence-corrected chi connectivity index (χ0v) is 15.2. The van der Waals surface area contributed by atoms with E-state index in [9.17, 15) is 9.59 Å². The zero-order valence-electron chi connectivity index (χ0n) is 13.6. The number of anilines is 1. The molecular weight excluding hydrogens is 360 g/mol. The second kappa shape index (κ2) is 8.45. The summed E-state index contributed by atoms with van der Waals surface area (Å²) in [4.78, 5) is 26.4. The number of nitrogens with zero attached hydrogens (tertiary/aromatic N) is 1. The minimum absolute atomic E-state index is 0.150. The molecule has 2 amide bonds. The fourth-order valence-corrected chi connectivity index (χ4v) is 3.62. The first-order chi connectivity index (χ1) is 12.1. The van der Waals surface area contributed by atoms with Crippen molar-refractivity contribution in [2.45, 2.75) is 12.2 Å². The Morgan fingerprint density at radius 3 is 2.84 bits per heavy atom. The van der Waals surface area contributed by atoms with Gasteiger partial charge in [0, 0.05) is 29.6 Å². The predicted octanol–water partition coefficient (Wildman–Crippen LogP) is 3.34. The van der Waals surface area contributed by atoms with Crippen molar-refractivity contribution in [3.63, 3.8) is 0 Å². The van der Waals surface area contributed by atoms with Crippen molar-refractivity contribution in [1.82, 2.24) is 5.32 Å². The van der Waals surface area contributed by atoms with Crippen molar-refractivity contribution in [3.05, 3.63) is 53.4 Å². The molecule has 1 saturated heterocycles. The van der Waals surface area contributed by atoms with Gasteiger partial charge in [0.15, 0.2) is 0 Å². The van der Waals surface area contributed by atoms with E-state index in [1.807, 2.05) is 12.1 Å². The van der Waals surface area contributed by atoms with E-state index in [0.29, 0.717) is 24.5 Å². The molecule has 1 atom stereocenters. The summed E-state index contributed by atoms with van der Waals surface area (Å²) in [5.41, 5.74) is 0.777. The molecule has 0 spiro atoms. The normalized spacial score (nSPS) is 17.1. The lowest BCUT2D eigenvalue weighted by atomic mass is 10.1. The highest BCUT2D eigenvalue weighted by molar-refractivity contribution is 7.98. The lowest BCUT2D eigenvalue weighted by Crippen LogP contribution is -2.37. The van der Waals surface area contributed by atoms with E-state index >= 15 is 0 Å². The Morgan fingerprint density at radius 2 is 2.12 bits per heavy atom. The summed E-state index contributed by atoms with van der Waals surface area (Å²) in [6.45, 7) is 1.08. The number of furan rings is 1. The van der Waals surface area contributed by atoms with E-state index in [2.05, 4.69) is 5.32 Å². The molecule has 3 rings (SSSR count). The maximum Gasteiger partial charge on any atom is 0.239 e. The van der Waals surface area contributed by atoms with Crippen LogP contribution in [0, 0.1) is 5.92 Å². The molecule has 1 N–H and O–H groups in total. The highest BCUT2D eigenvalue weighted by atomic mass is 35.5. The average Bonchev–Trinajstić information content (AvgIpc) is 3.25. The number of rotatable bonds is 7. The van der Waals surface area contributed by atoms with Gasteiger partial charge in [-0.1, -0.05) is 11.6 Å². The molecule has 7 heteroatoms. The van der Waals surface area contributed by atoms with E-state index in [0.717, 1.165) is 23.0 Å². The summed E-state index contributed by atoms with van der Waals surface area (Å²) >= 11 is 7.55. The summed E-state index contributed by atoms with van der Waals surface area (Å²) in [6.07, 6.45) is 2.18. The monoisotopic (exact) mass is 378 g/mol. The number of amides is 2. The molecule has 1 aromatic heterocycles. The molecule has 25 heavy (non-hydrogen) atoms. The third-order valence-electron chi connectivity index (χ3n) is 4.03. The fraction of sp³-hybridized carbons (Fsp3) is 0.333. The first kappa shape index (κ1) is 17.9. The number of thioether (sulfide) groups is 1. The number of carbonyl (C=O) groups is 2. The molecule has 2 aromatic rings. The van der Waals surface area contributed by atoms with Crippen LogP contribution in [0.4, 0.5) is 5.69 Å². The van der Waals surface area contributed by atoms with Crippen molar-refractivity contribution in [2.75, 3.05) is 23.7 Å². The molecule has 1 aliphatic heterocycles. The van der Waals surface area contributed by atoms with Crippen LogP contribution in [0.15, 0.2) is 47.1 Å². The molecule has 5 nitrogen and oxygen atoms in total. The summed E-state index contributed by atoms with van der Waals surface area (Å²) < 4.78 is 5.25. The molecule has 1 unspecified atom stereocenters. The van der Waals surface area contributed by atoms with Gasteiger partial charge in [-0.25, -0.2) is 0 Å². The molecule has 0 bridgehead atoms. The quantitative estimate of drug-likeness (QED) is 0.593. The highest BCUT2D eigenvalue weighted by Crippen LogP contribution is 2.26.